The molecule has 1 saturated carbocycles. The smallest absolute Gasteiger partial charge is 0.249 e. The summed E-state index contributed by atoms with van der Waals surface area (Å²) in [5, 5.41) is 10.9. The van der Waals surface area contributed by atoms with Crippen LogP contribution in [0, 0.1) is 5.92 Å². The summed E-state index contributed by atoms with van der Waals surface area (Å²) in [5.41, 5.74) is 0.869. The van der Waals surface area contributed by atoms with E-state index >= 15 is 0 Å². The number of hydrogen-bond donors (Lipinski definition) is 1. The molecular formula is C16H19F2NO3. The standard InChI is InChI=1S/C16H19F2NO3/c17-16(18)8-6-12(7-9-16)15(21)19-13(10-14(20)22-19)11-4-2-1-3-5-11/h1-5,12-14,20H,6-10H2/t13-,14?/m0/s1. The number of aliphatic hydroxyl groups excluding tert-OH is 1. The highest BCUT2D eigenvalue weighted by Gasteiger charge is 2.43. The fourth-order valence-electron chi connectivity index (χ4n) is 3.15. The number of halogens is 2. The number of amides is 1. The fraction of sp³-hybridized carbons (Fsp3) is 0.562. The molecule has 1 aromatic carbocycles. The highest BCUT2D eigenvalue weighted by molar-refractivity contribution is 5.78. The van der Waals surface area contributed by atoms with Gasteiger partial charge in [-0.25, -0.2) is 18.7 Å². The normalized spacial score (nSPS) is 28.8. The van der Waals surface area contributed by atoms with Crippen molar-refractivity contribution >= 4 is 5.91 Å². The van der Waals surface area contributed by atoms with E-state index in [2.05, 4.69) is 0 Å². The lowest BCUT2D eigenvalue weighted by molar-refractivity contribution is -0.227. The molecule has 1 aromatic rings. The van der Waals surface area contributed by atoms with Gasteiger partial charge in [0.1, 0.15) is 0 Å². The molecule has 6 heteroatoms. The maximum Gasteiger partial charge on any atom is 0.249 e. The molecule has 1 saturated heterocycles. The van der Waals surface area contributed by atoms with Gasteiger partial charge < -0.3 is 5.11 Å². The maximum absolute atomic E-state index is 13.2. The summed E-state index contributed by atoms with van der Waals surface area (Å²) in [7, 11) is 0. The van der Waals surface area contributed by atoms with Crippen LogP contribution in [-0.4, -0.2) is 28.3 Å². The molecule has 0 aromatic heterocycles. The van der Waals surface area contributed by atoms with Crippen molar-refractivity contribution in [3.63, 3.8) is 0 Å². The molecule has 0 bridgehead atoms. The zero-order valence-electron chi connectivity index (χ0n) is 12.1. The molecular weight excluding hydrogens is 292 g/mol. The predicted molar refractivity (Wildman–Crippen MR) is 74.6 cm³/mol. The highest BCUT2D eigenvalue weighted by Crippen LogP contribution is 2.40. The third-order valence-electron chi connectivity index (χ3n) is 4.41. The molecule has 1 heterocycles. The van der Waals surface area contributed by atoms with Crippen LogP contribution < -0.4 is 0 Å². The molecule has 2 atom stereocenters. The molecule has 3 rings (SSSR count). The van der Waals surface area contributed by atoms with Crippen LogP contribution >= 0.6 is 0 Å². The van der Waals surface area contributed by atoms with Gasteiger partial charge in [0.25, 0.3) is 0 Å². The van der Waals surface area contributed by atoms with E-state index in [4.69, 9.17) is 4.84 Å². The summed E-state index contributed by atoms with van der Waals surface area (Å²) in [6.45, 7) is 0. The van der Waals surface area contributed by atoms with Gasteiger partial charge in [-0.3, -0.25) is 4.79 Å². The summed E-state index contributed by atoms with van der Waals surface area (Å²) in [4.78, 5) is 17.8. The third kappa shape index (κ3) is 3.13. The number of carbonyl (C=O) groups is 1. The van der Waals surface area contributed by atoms with Crippen LogP contribution in [0.1, 0.15) is 43.7 Å². The number of aliphatic hydroxyl groups is 1. The first kappa shape index (κ1) is 15.4. The molecule has 2 aliphatic rings. The zero-order valence-corrected chi connectivity index (χ0v) is 12.1. The second-order valence-corrected chi connectivity index (χ2v) is 6.02. The van der Waals surface area contributed by atoms with Gasteiger partial charge in [-0.05, 0) is 18.4 Å². The summed E-state index contributed by atoms with van der Waals surface area (Å²) >= 11 is 0. The topological polar surface area (TPSA) is 49.8 Å². The molecule has 1 amide bonds. The van der Waals surface area contributed by atoms with E-state index in [0.717, 1.165) is 5.56 Å². The average molecular weight is 311 g/mol. The maximum atomic E-state index is 13.2. The molecule has 0 spiro atoms. The van der Waals surface area contributed by atoms with Crippen molar-refractivity contribution in [1.29, 1.82) is 0 Å². The van der Waals surface area contributed by atoms with Crippen LogP contribution in [0.25, 0.3) is 0 Å². The summed E-state index contributed by atoms with van der Waals surface area (Å²) < 4.78 is 26.5. The van der Waals surface area contributed by atoms with E-state index in [1.54, 1.807) is 0 Å². The summed E-state index contributed by atoms with van der Waals surface area (Å²) in [6.07, 6.45) is -0.976. The highest BCUT2D eigenvalue weighted by atomic mass is 19.3. The Morgan fingerprint density at radius 1 is 1.23 bits per heavy atom. The van der Waals surface area contributed by atoms with Gasteiger partial charge in [-0.1, -0.05) is 30.3 Å². The van der Waals surface area contributed by atoms with Gasteiger partial charge in [-0.15, -0.1) is 0 Å². The van der Waals surface area contributed by atoms with Crippen LogP contribution in [0.4, 0.5) is 8.78 Å². The molecule has 0 radical (unpaired) electrons. The van der Waals surface area contributed by atoms with Crippen LogP contribution in [0.15, 0.2) is 30.3 Å². The van der Waals surface area contributed by atoms with Gasteiger partial charge in [0.15, 0.2) is 6.29 Å². The molecule has 1 aliphatic carbocycles. The van der Waals surface area contributed by atoms with Crippen LogP contribution in [0.3, 0.4) is 0 Å². The van der Waals surface area contributed by atoms with E-state index in [-0.39, 0.29) is 37.6 Å². The second-order valence-electron chi connectivity index (χ2n) is 6.02. The van der Waals surface area contributed by atoms with Gasteiger partial charge in [0.2, 0.25) is 11.8 Å². The first-order valence-corrected chi connectivity index (χ1v) is 7.57. The van der Waals surface area contributed by atoms with Crippen molar-refractivity contribution in [2.24, 2.45) is 5.92 Å². The number of hydrogen-bond acceptors (Lipinski definition) is 3. The fourth-order valence-corrected chi connectivity index (χ4v) is 3.15. The van der Waals surface area contributed by atoms with Crippen molar-refractivity contribution in [2.75, 3.05) is 0 Å². The quantitative estimate of drug-likeness (QED) is 0.913. The van der Waals surface area contributed by atoms with Gasteiger partial charge in [-0.2, -0.15) is 0 Å². The SMILES string of the molecule is O=C(C1CCC(F)(F)CC1)N1OC(O)C[C@H]1c1ccccc1. The number of benzene rings is 1. The summed E-state index contributed by atoms with van der Waals surface area (Å²) in [5.74, 6) is -3.43. The number of carbonyl (C=O) groups excluding carboxylic acids is 1. The summed E-state index contributed by atoms with van der Waals surface area (Å²) in [6, 6.07) is 8.92. The number of alkyl halides is 2. The van der Waals surface area contributed by atoms with Crippen LogP contribution in [0.5, 0.6) is 0 Å². The monoisotopic (exact) mass is 311 g/mol. The first-order valence-electron chi connectivity index (χ1n) is 7.57. The molecule has 120 valence electrons. The Morgan fingerprint density at radius 3 is 2.50 bits per heavy atom. The lowest BCUT2D eigenvalue weighted by Gasteiger charge is -2.31. The van der Waals surface area contributed by atoms with Crippen molar-refractivity contribution < 1.29 is 23.5 Å². The lowest BCUT2D eigenvalue weighted by Crippen LogP contribution is -2.38. The number of hydroxylamine groups is 2. The zero-order chi connectivity index (χ0) is 15.7. The lowest BCUT2D eigenvalue weighted by atomic mass is 9.86. The van der Waals surface area contributed by atoms with E-state index in [1.807, 2.05) is 30.3 Å². The van der Waals surface area contributed by atoms with E-state index in [9.17, 15) is 18.7 Å². The molecule has 2 fully saturated rings. The van der Waals surface area contributed by atoms with Crippen molar-refractivity contribution in [3.05, 3.63) is 35.9 Å². The predicted octanol–water partition coefficient (Wildman–Crippen LogP) is 3.04. The minimum atomic E-state index is -2.67. The first-order chi connectivity index (χ1) is 10.5. The Hall–Kier alpha value is -1.53. The van der Waals surface area contributed by atoms with E-state index in [0.29, 0.717) is 6.42 Å². The second kappa shape index (κ2) is 5.93. The Morgan fingerprint density at radius 2 is 1.86 bits per heavy atom. The third-order valence-corrected chi connectivity index (χ3v) is 4.41. The van der Waals surface area contributed by atoms with Gasteiger partial charge >= 0.3 is 0 Å². The van der Waals surface area contributed by atoms with Gasteiger partial charge in [0, 0.05) is 25.2 Å². The molecule has 4 nitrogen and oxygen atoms in total. The number of rotatable bonds is 2. The molecule has 1 unspecified atom stereocenters. The van der Waals surface area contributed by atoms with Crippen LogP contribution in [-0.2, 0) is 9.63 Å². The van der Waals surface area contributed by atoms with E-state index < -0.39 is 18.1 Å². The Kier molecular flexibility index (Phi) is 4.14. The van der Waals surface area contributed by atoms with Crippen molar-refractivity contribution in [2.45, 2.75) is 50.4 Å². The van der Waals surface area contributed by atoms with Crippen LogP contribution in [0.2, 0.25) is 0 Å². The molecule has 1 N–H and O–H groups in total. The van der Waals surface area contributed by atoms with Gasteiger partial charge in [0.05, 0.1) is 6.04 Å². The molecule has 22 heavy (non-hydrogen) atoms. The number of nitrogens with zero attached hydrogens (tertiary/aromatic N) is 1. The Bertz CT molecular complexity index is 527. The minimum absolute atomic E-state index is 0.156. The average Bonchev–Trinajstić information content (AvgIpc) is 2.89. The minimum Gasteiger partial charge on any atom is -0.366 e. The van der Waals surface area contributed by atoms with Crippen molar-refractivity contribution in [1.82, 2.24) is 5.06 Å². The Balaban J connectivity index is 1.73. The molecule has 1 aliphatic heterocycles. The van der Waals surface area contributed by atoms with Crippen molar-refractivity contribution in [3.8, 4) is 0 Å². The van der Waals surface area contributed by atoms with E-state index in [1.165, 1.54) is 5.06 Å². The Labute approximate surface area is 127 Å². The largest absolute Gasteiger partial charge is 0.366 e.